The standard InChI is InChI=1S/C22H46N3O6/c1-18(2)20(26)29-19(16-27-12)17-28-15-13-14-25(11,30-23(9)21(3,4)5)31-24(10)22(6,7)8/h19H,1,13-17H2,2-12H3/q+1. The van der Waals surface area contributed by atoms with Gasteiger partial charge in [-0.25, -0.2) is 4.79 Å². The highest BCUT2D eigenvalue weighted by Crippen LogP contribution is 2.21. The zero-order valence-electron chi connectivity index (χ0n) is 21.6. The Hall–Kier alpha value is -1.07. The van der Waals surface area contributed by atoms with Crippen molar-refractivity contribution < 1.29 is 33.7 Å². The highest BCUT2D eigenvalue weighted by molar-refractivity contribution is 5.87. The molecule has 0 amide bonds. The molecule has 0 spiro atoms. The topological polar surface area (TPSA) is 69.7 Å². The number of carbonyl (C=O) groups is 1. The molecule has 0 heterocycles. The Balaban J connectivity index is 4.87. The number of hydrogen-bond donors (Lipinski definition) is 0. The van der Waals surface area contributed by atoms with Crippen LogP contribution in [0.2, 0.25) is 0 Å². The molecule has 0 bridgehead atoms. The largest absolute Gasteiger partial charge is 0.454 e. The van der Waals surface area contributed by atoms with Gasteiger partial charge < -0.3 is 14.2 Å². The fourth-order valence-electron chi connectivity index (χ4n) is 2.08. The Morgan fingerprint density at radius 2 is 1.48 bits per heavy atom. The third-order valence-corrected chi connectivity index (χ3v) is 4.61. The van der Waals surface area contributed by atoms with Crippen molar-refractivity contribution in [3.8, 4) is 0 Å². The summed E-state index contributed by atoms with van der Waals surface area (Å²) >= 11 is 0. The molecule has 184 valence electrons. The zero-order valence-corrected chi connectivity index (χ0v) is 21.6. The Morgan fingerprint density at radius 1 is 1.00 bits per heavy atom. The van der Waals surface area contributed by atoms with Crippen LogP contribution in [0.3, 0.4) is 0 Å². The fourth-order valence-corrected chi connectivity index (χ4v) is 2.08. The van der Waals surface area contributed by atoms with E-state index in [9.17, 15) is 4.79 Å². The molecular weight excluding hydrogens is 402 g/mol. The average Bonchev–Trinajstić information content (AvgIpc) is 2.59. The van der Waals surface area contributed by atoms with Gasteiger partial charge in [-0.05, 0) is 53.3 Å². The van der Waals surface area contributed by atoms with Gasteiger partial charge in [0.25, 0.3) is 0 Å². The van der Waals surface area contributed by atoms with Crippen molar-refractivity contribution in [3.63, 3.8) is 0 Å². The molecule has 9 heteroatoms. The molecule has 0 N–H and O–H groups in total. The molecular formula is C22H46N3O6+. The number of quaternary nitrogens is 1. The van der Waals surface area contributed by atoms with Crippen LogP contribution >= 0.6 is 0 Å². The van der Waals surface area contributed by atoms with Gasteiger partial charge in [0.15, 0.2) is 0 Å². The summed E-state index contributed by atoms with van der Waals surface area (Å²) in [6, 6.07) is 0. The lowest BCUT2D eigenvalue weighted by atomic mass is 10.1. The number of hydrogen-bond acceptors (Lipinski definition) is 8. The van der Waals surface area contributed by atoms with Gasteiger partial charge in [-0.1, -0.05) is 16.5 Å². The highest BCUT2D eigenvalue weighted by Gasteiger charge is 2.37. The van der Waals surface area contributed by atoms with Crippen molar-refractivity contribution in [2.75, 3.05) is 54.6 Å². The van der Waals surface area contributed by atoms with Gasteiger partial charge in [0.2, 0.25) is 0 Å². The normalized spacial score (nSPS) is 14.2. The summed E-state index contributed by atoms with van der Waals surface area (Å²) in [5.41, 5.74) is -0.0464. The summed E-state index contributed by atoms with van der Waals surface area (Å²) in [5, 5.41) is 3.58. The molecule has 9 nitrogen and oxygen atoms in total. The Morgan fingerprint density at radius 3 is 1.87 bits per heavy atom. The number of hydroxylamine groups is 8. The third-order valence-electron chi connectivity index (χ3n) is 4.61. The summed E-state index contributed by atoms with van der Waals surface area (Å²) in [6.07, 6.45) is 0.183. The van der Waals surface area contributed by atoms with E-state index in [4.69, 9.17) is 24.1 Å². The first-order valence-electron chi connectivity index (χ1n) is 10.7. The van der Waals surface area contributed by atoms with Crippen LogP contribution in [0.1, 0.15) is 54.9 Å². The molecule has 0 saturated heterocycles. The van der Waals surface area contributed by atoms with E-state index in [0.29, 0.717) is 25.1 Å². The molecule has 0 saturated carbocycles. The molecule has 0 aromatic carbocycles. The molecule has 0 aliphatic carbocycles. The predicted octanol–water partition coefficient (Wildman–Crippen LogP) is 3.13. The van der Waals surface area contributed by atoms with E-state index in [1.165, 1.54) is 0 Å². The van der Waals surface area contributed by atoms with E-state index in [1.807, 2.05) is 21.1 Å². The molecule has 0 rings (SSSR count). The van der Waals surface area contributed by atoms with Crippen molar-refractivity contribution in [2.24, 2.45) is 0 Å². The first-order chi connectivity index (χ1) is 14.0. The van der Waals surface area contributed by atoms with Crippen molar-refractivity contribution in [2.45, 2.75) is 72.1 Å². The van der Waals surface area contributed by atoms with E-state index in [2.05, 4.69) is 48.1 Å². The second-order valence-electron chi connectivity index (χ2n) is 9.93. The average molecular weight is 449 g/mol. The van der Waals surface area contributed by atoms with Crippen LogP contribution in [0.4, 0.5) is 0 Å². The van der Waals surface area contributed by atoms with Crippen LogP contribution in [0, 0.1) is 0 Å². The van der Waals surface area contributed by atoms with Crippen LogP contribution in [0.15, 0.2) is 12.2 Å². The molecule has 0 fully saturated rings. The van der Waals surface area contributed by atoms with Crippen molar-refractivity contribution in [1.82, 2.24) is 10.1 Å². The lowest BCUT2D eigenvalue weighted by molar-refractivity contribution is -1.27. The Kier molecular flexibility index (Phi) is 12.4. The van der Waals surface area contributed by atoms with Crippen molar-refractivity contribution in [1.29, 1.82) is 0 Å². The first kappa shape index (κ1) is 29.9. The van der Waals surface area contributed by atoms with Gasteiger partial charge in [0.05, 0.1) is 19.8 Å². The predicted molar refractivity (Wildman–Crippen MR) is 120 cm³/mol. The first-order valence-corrected chi connectivity index (χ1v) is 10.7. The van der Waals surface area contributed by atoms with E-state index < -0.39 is 12.1 Å². The van der Waals surface area contributed by atoms with Crippen molar-refractivity contribution in [3.05, 3.63) is 12.2 Å². The monoisotopic (exact) mass is 448 g/mol. The molecule has 1 unspecified atom stereocenters. The molecule has 0 aromatic heterocycles. The maximum atomic E-state index is 11.7. The van der Waals surface area contributed by atoms with Crippen LogP contribution in [-0.2, 0) is 28.9 Å². The summed E-state index contributed by atoms with van der Waals surface area (Å²) in [7, 11) is 7.20. The second-order valence-corrected chi connectivity index (χ2v) is 9.93. The summed E-state index contributed by atoms with van der Waals surface area (Å²) in [5.74, 6) is -0.452. The van der Waals surface area contributed by atoms with E-state index in [1.54, 1.807) is 24.2 Å². The van der Waals surface area contributed by atoms with E-state index >= 15 is 0 Å². The summed E-state index contributed by atoms with van der Waals surface area (Å²) < 4.78 is 16.2. The van der Waals surface area contributed by atoms with E-state index in [0.717, 1.165) is 0 Å². The summed E-state index contributed by atoms with van der Waals surface area (Å²) in [4.78, 5) is 24.0. The Labute approximate surface area is 189 Å². The third kappa shape index (κ3) is 12.5. The minimum absolute atomic E-state index is 0.100. The van der Waals surface area contributed by atoms with Gasteiger partial charge >= 0.3 is 5.97 Å². The van der Waals surface area contributed by atoms with Crippen LogP contribution in [0.5, 0.6) is 0 Å². The number of carbonyl (C=O) groups excluding carboxylic acids is 1. The van der Waals surface area contributed by atoms with Crippen molar-refractivity contribution >= 4 is 5.97 Å². The fraction of sp³-hybridized carbons (Fsp3) is 0.864. The SMILES string of the molecule is C=C(C)C(=O)OC(COC)COCCC[N+](C)(ON(C)C(C)(C)C)ON(C)C(C)(C)C. The zero-order chi connectivity index (χ0) is 24.5. The van der Waals surface area contributed by atoms with Crippen LogP contribution < -0.4 is 0 Å². The van der Waals surface area contributed by atoms with Gasteiger partial charge in [0.1, 0.15) is 19.7 Å². The van der Waals surface area contributed by atoms with Gasteiger partial charge in [-0.3, -0.25) is 0 Å². The molecule has 0 aromatic rings. The van der Waals surface area contributed by atoms with Crippen LogP contribution in [0.25, 0.3) is 0 Å². The highest BCUT2D eigenvalue weighted by atomic mass is 17.1. The number of esters is 1. The van der Waals surface area contributed by atoms with Gasteiger partial charge in [-0.15, -0.1) is 10.1 Å². The second kappa shape index (κ2) is 12.8. The quantitative estimate of drug-likeness (QED) is 0.132. The van der Waals surface area contributed by atoms with Gasteiger partial charge in [0, 0.05) is 44.3 Å². The lowest BCUT2D eigenvalue weighted by Gasteiger charge is -2.40. The maximum Gasteiger partial charge on any atom is 0.333 e. The van der Waals surface area contributed by atoms with Gasteiger partial charge in [-0.2, -0.15) is 0 Å². The van der Waals surface area contributed by atoms with E-state index in [-0.39, 0.29) is 29.1 Å². The molecule has 1 atom stereocenters. The maximum absolute atomic E-state index is 11.7. The lowest BCUT2D eigenvalue weighted by Crippen LogP contribution is -2.57. The smallest absolute Gasteiger partial charge is 0.333 e. The number of ether oxygens (including phenoxy) is 3. The molecule has 0 aliphatic heterocycles. The molecule has 0 aliphatic rings. The molecule has 0 radical (unpaired) electrons. The van der Waals surface area contributed by atoms with Crippen LogP contribution in [-0.4, -0.2) is 92.7 Å². The number of methoxy groups -OCH3 is 1. The summed E-state index contributed by atoms with van der Waals surface area (Å²) in [6.45, 7) is 19.1. The number of nitrogens with zero attached hydrogens (tertiary/aromatic N) is 3. The minimum Gasteiger partial charge on any atom is -0.454 e. The minimum atomic E-state index is -0.485. The number of rotatable bonds is 14. The Bertz CT molecular complexity index is 534. The molecule has 31 heavy (non-hydrogen) atoms.